The van der Waals surface area contributed by atoms with Gasteiger partial charge in [0.05, 0.1) is 0 Å². The Morgan fingerprint density at radius 2 is 2.18 bits per heavy atom. The lowest BCUT2D eigenvalue weighted by Crippen LogP contribution is -2.22. The quantitative estimate of drug-likeness (QED) is 0.786. The summed E-state index contributed by atoms with van der Waals surface area (Å²) in [6.07, 6.45) is 4.97. The van der Waals surface area contributed by atoms with E-state index in [1.165, 1.54) is 12.8 Å². The van der Waals surface area contributed by atoms with Crippen molar-refractivity contribution in [3.05, 3.63) is 35.1 Å². The largest absolute Gasteiger partial charge is 0.310 e. The molecule has 1 atom stereocenters. The van der Waals surface area contributed by atoms with Crippen molar-refractivity contribution in [2.75, 3.05) is 6.54 Å². The molecule has 1 aromatic carbocycles. The minimum absolute atomic E-state index is 0.0819. The first-order valence-corrected chi connectivity index (χ1v) is 6.70. The molecule has 1 N–H and O–H groups in total. The van der Waals surface area contributed by atoms with E-state index in [0.717, 1.165) is 36.4 Å². The Morgan fingerprint density at radius 1 is 1.41 bits per heavy atom. The van der Waals surface area contributed by atoms with Gasteiger partial charge in [-0.25, -0.2) is 4.39 Å². The highest BCUT2D eigenvalue weighted by atomic mass is 19.1. The van der Waals surface area contributed by atoms with Crippen LogP contribution in [0.1, 0.15) is 49.8 Å². The lowest BCUT2D eigenvalue weighted by atomic mass is 9.99. The van der Waals surface area contributed by atoms with Crippen LogP contribution in [0, 0.1) is 18.7 Å². The molecular weight excluding hydrogens is 213 g/mol. The smallest absolute Gasteiger partial charge is 0.126 e. The molecule has 1 saturated carbocycles. The summed E-state index contributed by atoms with van der Waals surface area (Å²) in [5.74, 6) is 0.773. The van der Waals surface area contributed by atoms with Gasteiger partial charge < -0.3 is 5.32 Å². The van der Waals surface area contributed by atoms with Gasteiger partial charge in [0.2, 0.25) is 0 Å². The zero-order chi connectivity index (χ0) is 12.3. The summed E-state index contributed by atoms with van der Waals surface area (Å²) in [7, 11) is 0. The molecule has 0 spiro atoms. The summed E-state index contributed by atoms with van der Waals surface area (Å²) < 4.78 is 13.6. The van der Waals surface area contributed by atoms with Gasteiger partial charge >= 0.3 is 0 Å². The molecule has 94 valence electrons. The van der Waals surface area contributed by atoms with Crippen molar-refractivity contribution in [2.45, 2.75) is 45.6 Å². The van der Waals surface area contributed by atoms with Crippen LogP contribution in [0.2, 0.25) is 0 Å². The number of hydrogen-bond donors (Lipinski definition) is 1. The zero-order valence-electron chi connectivity index (χ0n) is 10.8. The highest BCUT2D eigenvalue weighted by Gasteiger charge is 2.26. The third-order valence-corrected chi connectivity index (χ3v) is 3.50. The van der Waals surface area contributed by atoms with Gasteiger partial charge in [0.15, 0.2) is 0 Å². The summed E-state index contributed by atoms with van der Waals surface area (Å²) in [5.41, 5.74) is 1.84. The molecule has 1 unspecified atom stereocenters. The third-order valence-electron chi connectivity index (χ3n) is 3.50. The van der Waals surface area contributed by atoms with Gasteiger partial charge in [-0.1, -0.05) is 31.9 Å². The van der Waals surface area contributed by atoms with Crippen LogP contribution in [-0.2, 0) is 0 Å². The van der Waals surface area contributed by atoms with Gasteiger partial charge in [-0.2, -0.15) is 0 Å². The number of hydrogen-bond acceptors (Lipinski definition) is 1. The molecule has 0 aliphatic heterocycles. The highest BCUT2D eigenvalue weighted by molar-refractivity contribution is 5.26. The molecular formula is C15H22FN. The van der Waals surface area contributed by atoms with E-state index < -0.39 is 0 Å². The summed E-state index contributed by atoms with van der Waals surface area (Å²) in [4.78, 5) is 0. The fourth-order valence-corrected chi connectivity index (χ4v) is 2.17. The maximum atomic E-state index is 13.6. The molecule has 0 radical (unpaired) electrons. The number of nitrogens with one attached hydrogen (secondary N) is 1. The topological polar surface area (TPSA) is 12.0 Å². The van der Waals surface area contributed by atoms with Crippen LogP contribution in [-0.4, -0.2) is 6.54 Å². The van der Waals surface area contributed by atoms with E-state index in [9.17, 15) is 4.39 Å². The Balaban J connectivity index is 2.08. The highest BCUT2D eigenvalue weighted by Crippen LogP contribution is 2.37. The third kappa shape index (κ3) is 3.53. The predicted molar refractivity (Wildman–Crippen MR) is 69.5 cm³/mol. The Morgan fingerprint density at radius 3 is 2.76 bits per heavy atom. The molecule has 1 aromatic rings. The fraction of sp³-hybridized carbons (Fsp3) is 0.600. The van der Waals surface area contributed by atoms with Gasteiger partial charge in [0, 0.05) is 6.04 Å². The standard InChI is InChI=1S/C15H22FN/c1-3-8-17-15(9-12-5-6-12)13-7-4-11(2)14(16)10-13/h4,7,10,12,15,17H,3,5-6,8-9H2,1-2H3. The Hall–Kier alpha value is -0.890. The maximum absolute atomic E-state index is 13.6. The van der Waals surface area contributed by atoms with Crippen LogP contribution >= 0.6 is 0 Å². The van der Waals surface area contributed by atoms with Crippen molar-refractivity contribution in [1.82, 2.24) is 5.32 Å². The van der Waals surface area contributed by atoms with Crippen LogP contribution in [0.3, 0.4) is 0 Å². The number of benzene rings is 1. The van der Waals surface area contributed by atoms with E-state index in [1.807, 2.05) is 13.0 Å². The van der Waals surface area contributed by atoms with Crippen LogP contribution in [0.15, 0.2) is 18.2 Å². The second-order valence-corrected chi connectivity index (χ2v) is 5.19. The van der Waals surface area contributed by atoms with Crippen LogP contribution in [0.25, 0.3) is 0 Å². The monoisotopic (exact) mass is 235 g/mol. The number of aryl methyl sites for hydroxylation is 1. The lowest BCUT2D eigenvalue weighted by molar-refractivity contribution is 0.471. The van der Waals surface area contributed by atoms with E-state index in [2.05, 4.69) is 18.3 Å². The molecule has 0 amide bonds. The van der Waals surface area contributed by atoms with Gasteiger partial charge in [-0.15, -0.1) is 0 Å². The Bertz CT molecular complexity index is 371. The van der Waals surface area contributed by atoms with Gasteiger partial charge in [0.1, 0.15) is 5.82 Å². The second kappa shape index (κ2) is 5.63. The Kier molecular flexibility index (Phi) is 4.16. The van der Waals surface area contributed by atoms with E-state index in [-0.39, 0.29) is 5.82 Å². The second-order valence-electron chi connectivity index (χ2n) is 5.19. The van der Waals surface area contributed by atoms with Gasteiger partial charge in [0.25, 0.3) is 0 Å². The van der Waals surface area contributed by atoms with E-state index in [1.54, 1.807) is 6.07 Å². The summed E-state index contributed by atoms with van der Waals surface area (Å²) in [6, 6.07) is 5.98. The maximum Gasteiger partial charge on any atom is 0.126 e. The first-order valence-electron chi connectivity index (χ1n) is 6.70. The molecule has 1 aliphatic carbocycles. The molecule has 1 aliphatic rings. The van der Waals surface area contributed by atoms with Crippen LogP contribution in [0.4, 0.5) is 4.39 Å². The minimum Gasteiger partial charge on any atom is -0.310 e. The molecule has 0 bridgehead atoms. The van der Waals surface area contributed by atoms with E-state index >= 15 is 0 Å². The van der Waals surface area contributed by atoms with Crippen molar-refractivity contribution in [1.29, 1.82) is 0 Å². The van der Waals surface area contributed by atoms with Gasteiger partial charge in [-0.3, -0.25) is 0 Å². The molecule has 0 saturated heterocycles. The number of halogens is 1. The molecule has 2 heteroatoms. The molecule has 1 nitrogen and oxygen atoms in total. The average Bonchev–Trinajstić information content (AvgIpc) is 3.12. The summed E-state index contributed by atoms with van der Waals surface area (Å²) in [6.45, 7) is 4.98. The van der Waals surface area contributed by atoms with Crippen LogP contribution in [0.5, 0.6) is 0 Å². The molecule has 0 aromatic heterocycles. The van der Waals surface area contributed by atoms with E-state index in [0.29, 0.717) is 6.04 Å². The zero-order valence-corrected chi connectivity index (χ0v) is 10.8. The first-order chi connectivity index (χ1) is 8.20. The molecule has 2 rings (SSSR count). The van der Waals surface area contributed by atoms with Crippen molar-refractivity contribution in [3.63, 3.8) is 0 Å². The molecule has 17 heavy (non-hydrogen) atoms. The van der Waals surface area contributed by atoms with Crippen molar-refractivity contribution >= 4 is 0 Å². The fourth-order valence-electron chi connectivity index (χ4n) is 2.17. The predicted octanol–water partition coefficient (Wildman–Crippen LogP) is 3.97. The van der Waals surface area contributed by atoms with Gasteiger partial charge in [-0.05, 0) is 49.4 Å². The first kappa shape index (κ1) is 12.6. The normalized spacial score (nSPS) is 17.1. The van der Waals surface area contributed by atoms with Crippen LogP contribution < -0.4 is 5.32 Å². The molecule has 0 heterocycles. The van der Waals surface area contributed by atoms with Crippen molar-refractivity contribution in [2.24, 2.45) is 5.92 Å². The number of rotatable bonds is 6. The Labute approximate surface area is 103 Å². The van der Waals surface area contributed by atoms with E-state index in [4.69, 9.17) is 0 Å². The minimum atomic E-state index is -0.0819. The SMILES string of the molecule is CCCNC(CC1CC1)c1ccc(C)c(F)c1. The van der Waals surface area contributed by atoms with Crippen molar-refractivity contribution in [3.8, 4) is 0 Å². The van der Waals surface area contributed by atoms with Crippen molar-refractivity contribution < 1.29 is 4.39 Å². The summed E-state index contributed by atoms with van der Waals surface area (Å²) >= 11 is 0. The average molecular weight is 235 g/mol. The molecule has 1 fully saturated rings. The lowest BCUT2D eigenvalue weighted by Gasteiger charge is -2.19. The summed E-state index contributed by atoms with van der Waals surface area (Å²) in [5, 5.41) is 3.54.